The molecule has 38 valence electrons. The lowest BCUT2D eigenvalue weighted by atomic mass is 10.2. The molecule has 0 aromatic heterocycles. The predicted octanol–water partition coefficient (Wildman–Crippen LogP) is 2.14. The fourth-order valence-corrected chi connectivity index (χ4v) is 0.581. The van der Waals surface area contributed by atoms with Crippen molar-refractivity contribution in [2.45, 2.75) is 12.8 Å². The normalized spacial score (nSPS) is 17.1. The van der Waals surface area contributed by atoms with Crippen molar-refractivity contribution in [1.82, 2.24) is 0 Å². The van der Waals surface area contributed by atoms with E-state index in [0.29, 0.717) is 0 Å². The monoisotopic (exact) mass is 94.1 g/mol. The van der Waals surface area contributed by atoms with Gasteiger partial charge in [0, 0.05) is 0 Å². The van der Waals surface area contributed by atoms with Crippen molar-refractivity contribution in [3.8, 4) is 0 Å². The molecule has 0 unspecified atom stereocenters. The zero-order valence-electron chi connectivity index (χ0n) is 4.43. The number of rotatable bonds is 3. The molecule has 0 aromatic rings. The van der Waals surface area contributed by atoms with Crippen molar-refractivity contribution < 1.29 is 0 Å². The first-order valence-corrected chi connectivity index (χ1v) is 2.72. The Morgan fingerprint density at radius 1 is 1.57 bits per heavy atom. The highest BCUT2D eigenvalue weighted by atomic mass is 14.1. The van der Waals surface area contributed by atoms with Crippen LogP contribution in [-0.4, -0.2) is 0 Å². The lowest BCUT2D eigenvalue weighted by Crippen LogP contribution is -1.72. The first-order chi connectivity index (χ1) is 3.43. The van der Waals surface area contributed by atoms with Crippen molar-refractivity contribution in [2.75, 3.05) is 0 Å². The molecule has 0 heteroatoms. The fraction of sp³-hybridized carbons (Fsp3) is 0.429. The van der Waals surface area contributed by atoms with Crippen molar-refractivity contribution in [2.24, 2.45) is 5.92 Å². The van der Waals surface area contributed by atoms with Gasteiger partial charge in [0.2, 0.25) is 0 Å². The second-order valence-corrected chi connectivity index (χ2v) is 1.91. The minimum Gasteiger partial charge on any atom is -0.103 e. The maximum absolute atomic E-state index is 3.63. The molecule has 1 aliphatic carbocycles. The Morgan fingerprint density at radius 2 is 2.29 bits per heavy atom. The molecular weight excluding hydrogens is 84.1 g/mol. The molecular formula is C7H10. The van der Waals surface area contributed by atoms with E-state index in [-0.39, 0.29) is 0 Å². The van der Waals surface area contributed by atoms with E-state index in [1.54, 1.807) is 0 Å². The van der Waals surface area contributed by atoms with Gasteiger partial charge in [0.05, 0.1) is 0 Å². The van der Waals surface area contributed by atoms with Gasteiger partial charge in [-0.15, -0.1) is 6.58 Å². The molecule has 0 saturated carbocycles. The quantitative estimate of drug-likeness (QED) is 0.470. The van der Waals surface area contributed by atoms with Crippen molar-refractivity contribution >= 4 is 0 Å². The van der Waals surface area contributed by atoms with Gasteiger partial charge in [-0.05, 0) is 18.8 Å². The average Bonchev–Trinajstić information content (AvgIpc) is 2.42. The zero-order chi connectivity index (χ0) is 5.11. The topological polar surface area (TPSA) is 0 Å². The molecule has 0 bridgehead atoms. The van der Waals surface area contributed by atoms with E-state index in [0.717, 1.165) is 12.3 Å². The lowest BCUT2D eigenvalue weighted by Gasteiger charge is -1.86. The van der Waals surface area contributed by atoms with Crippen LogP contribution in [0.4, 0.5) is 0 Å². The van der Waals surface area contributed by atoms with E-state index >= 15 is 0 Å². The molecule has 0 N–H and O–H groups in total. The summed E-state index contributed by atoms with van der Waals surface area (Å²) in [6, 6.07) is 0. The summed E-state index contributed by atoms with van der Waals surface area (Å²) in [6.07, 6.45) is 8.87. The third-order valence-corrected chi connectivity index (χ3v) is 1.17. The Bertz CT molecular complexity index is 84.2. The maximum Gasteiger partial charge on any atom is -0.00501 e. The van der Waals surface area contributed by atoms with E-state index in [2.05, 4.69) is 18.7 Å². The van der Waals surface area contributed by atoms with Crippen molar-refractivity contribution in [3.05, 3.63) is 24.8 Å². The molecule has 0 saturated heterocycles. The first kappa shape index (κ1) is 4.63. The summed E-state index contributed by atoms with van der Waals surface area (Å²) < 4.78 is 0. The Hall–Kier alpha value is -0.520. The Morgan fingerprint density at radius 3 is 2.71 bits per heavy atom. The Labute approximate surface area is 44.5 Å². The van der Waals surface area contributed by atoms with Gasteiger partial charge in [-0.3, -0.25) is 0 Å². The molecule has 1 aliphatic rings. The summed E-state index contributed by atoms with van der Waals surface area (Å²) in [5.74, 6) is 0.831. The highest BCUT2D eigenvalue weighted by Crippen LogP contribution is 2.21. The van der Waals surface area contributed by atoms with Crippen LogP contribution < -0.4 is 0 Å². The SMILES string of the molecule is C=CCCC1C=C1. The summed E-state index contributed by atoms with van der Waals surface area (Å²) in [5, 5.41) is 0. The molecule has 0 amide bonds. The third kappa shape index (κ3) is 1.58. The van der Waals surface area contributed by atoms with Crippen molar-refractivity contribution in [3.63, 3.8) is 0 Å². The minimum atomic E-state index is 0.831. The van der Waals surface area contributed by atoms with Crippen LogP contribution in [0.3, 0.4) is 0 Å². The molecule has 1 rings (SSSR count). The van der Waals surface area contributed by atoms with Crippen LogP contribution in [-0.2, 0) is 0 Å². The van der Waals surface area contributed by atoms with Crippen LogP contribution in [0, 0.1) is 5.92 Å². The highest BCUT2D eigenvalue weighted by molar-refractivity contribution is 5.13. The summed E-state index contributed by atoms with van der Waals surface area (Å²) >= 11 is 0. The van der Waals surface area contributed by atoms with Gasteiger partial charge in [0.25, 0.3) is 0 Å². The van der Waals surface area contributed by atoms with E-state index in [1.165, 1.54) is 6.42 Å². The summed E-state index contributed by atoms with van der Waals surface area (Å²) in [6.45, 7) is 3.63. The summed E-state index contributed by atoms with van der Waals surface area (Å²) in [4.78, 5) is 0. The van der Waals surface area contributed by atoms with Crippen LogP contribution in [0.2, 0.25) is 0 Å². The van der Waals surface area contributed by atoms with Gasteiger partial charge in [-0.1, -0.05) is 18.2 Å². The zero-order valence-corrected chi connectivity index (χ0v) is 4.43. The molecule has 7 heavy (non-hydrogen) atoms. The molecule has 0 nitrogen and oxygen atoms in total. The number of hydrogen-bond donors (Lipinski definition) is 0. The predicted molar refractivity (Wildman–Crippen MR) is 32.1 cm³/mol. The molecule has 0 fully saturated rings. The smallest absolute Gasteiger partial charge is 0.00501 e. The van der Waals surface area contributed by atoms with Crippen molar-refractivity contribution in [1.29, 1.82) is 0 Å². The molecule has 0 spiro atoms. The lowest BCUT2D eigenvalue weighted by molar-refractivity contribution is 0.795. The summed E-state index contributed by atoms with van der Waals surface area (Å²) in [7, 11) is 0. The molecule has 0 aromatic carbocycles. The number of allylic oxidation sites excluding steroid dienone is 3. The maximum atomic E-state index is 3.63. The van der Waals surface area contributed by atoms with Crippen LogP contribution in [0.15, 0.2) is 24.8 Å². The third-order valence-electron chi connectivity index (χ3n) is 1.17. The molecule has 0 heterocycles. The average molecular weight is 94.2 g/mol. The first-order valence-electron chi connectivity index (χ1n) is 2.72. The molecule has 0 aliphatic heterocycles. The fourth-order valence-electron chi connectivity index (χ4n) is 0.581. The van der Waals surface area contributed by atoms with Gasteiger partial charge in [-0.25, -0.2) is 0 Å². The van der Waals surface area contributed by atoms with Gasteiger partial charge in [-0.2, -0.15) is 0 Å². The standard InChI is InChI=1S/C7H10/c1-2-3-4-7-5-6-7/h2,5-7H,1,3-4H2. The van der Waals surface area contributed by atoms with Gasteiger partial charge in [0.15, 0.2) is 0 Å². The highest BCUT2D eigenvalue weighted by Gasteiger charge is 2.07. The molecule has 0 atom stereocenters. The van der Waals surface area contributed by atoms with E-state index in [1.807, 2.05) is 6.08 Å². The van der Waals surface area contributed by atoms with Crippen LogP contribution in [0.5, 0.6) is 0 Å². The molecule has 0 radical (unpaired) electrons. The number of hydrogen-bond acceptors (Lipinski definition) is 0. The van der Waals surface area contributed by atoms with Gasteiger partial charge in [0.1, 0.15) is 0 Å². The van der Waals surface area contributed by atoms with E-state index in [4.69, 9.17) is 0 Å². The summed E-state index contributed by atoms with van der Waals surface area (Å²) in [5.41, 5.74) is 0. The van der Waals surface area contributed by atoms with E-state index < -0.39 is 0 Å². The van der Waals surface area contributed by atoms with Crippen LogP contribution in [0.1, 0.15) is 12.8 Å². The second-order valence-electron chi connectivity index (χ2n) is 1.91. The second kappa shape index (κ2) is 1.97. The minimum absolute atomic E-state index is 0.831. The largest absolute Gasteiger partial charge is 0.103 e. The van der Waals surface area contributed by atoms with Crippen LogP contribution >= 0.6 is 0 Å². The van der Waals surface area contributed by atoms with E-state index in [9.17, 15) is 0 Å². The van der Waals surface area contributed by atoms with Gasteiger partial charge < -0.3 is 0 Å². The Balaban J connectivity index is 1.90. The Kier molecular flexibility index (Phi) is 1.30. The van der Waals surface area contributed by atoms with Crippen LogP contribution in [0.25, 0.3) is 0 Å². The van der Waals surface area contributed by atoms with Gasteiger partial charge >= 0.3 is 0 Å².